The molecule has 4 aromatic rings. The number of fused-ring (bicyclic) bond motifs is 2. The molecule has 45 heavy (non-hydrogen) atoms. The number of rotatable bonds is 7. The number of nitrogens with two attached hydrogens (primary N) is 1. The molecule has 0 aliphatic carbocycles. The Morgan fingerprint density at radius 3 is 2.89 bits per heavy atom. The highest BCUT2D eigenvalue weighted by atomic mass is 35.5. The molecule has 236 valence electrons. The van der Waals surface area contributed by atoms with Gasteiger partial charge in [-0.05, 0) is 37.4 Å². The van der Waals surface area contributed by atoms with E-state index in [1.807, 2.05) is 11.0 Å². The molecule has 3 aliphatic rings. The van der Waals surface area contributed by atoms with Crippen molar-refractivity contribution < 1.29 is 27.4 Å². The van der Waals surface area contributed by atoms with Crippen LogP contribution in [-0.4, -0.2) is 79.7 Å². The average molecular weight is 659 g/mol. The molecule has 2 N–H and O–H groups in total. The van der Waals surface area contributed by atoms with Crippen molar-refractivity contribution in [3.63, 3.8) is 0 Å². The number of halogens is 4. The third-order valence-corrected chi connectivity index (χ3v) is 10.4. The van der Waals surface area contributed by atoms with Gasteiger partial charge in [-0.2, -0.15) is 15.2 Å². The van der Waals surface area contributed by atoms with E-state index in [1.165, 1.54) is 12.1 Å². The monoisotopic (exact) mass is 658 g/mol. The predicted octanol–water partition coefficient (Wildman–Crippen LogP) is 6.09. The lowest BCUT2D eigenvalue weighted by Gasteiger charge is -2.31. The SMILES string of the molecule is COCCN1CCCOc2c(Cl)c(-c3ccc(F)c4sc(N)c(C#N)c34)c(F)c3nc(OC[C@@]45CCCN4C[C@H](F)C5)nc1c23. The first kappa shape index (κ1) is 30.1. The maximum atomic E-state index is 17.0. The van der Waals surface area contributed by atoms with E-state index >= 15 is 4.39 Å². The molecule has 0 spiro atoms. The first-order valence-electron chi connectivity index (χ1n) is 14.8. The summed E-state index contributed by atoms with van der Waals surface area (Å²) in [5, 5.41) is 10.4. The predicted molar refractivity (Wildman–Crippen MR) is 167 cm³/mol. The molecule has 2 fully saturated rings. The zero-order chi connectivity index (χ0) is 31.5. The highest BCUT2D eigenvalue weighted by molar-refractivity contribution is 7.23. The van der Waals surface area contributed by atoms with Crippen LogP contribution >= 0.6 is 22.9 Å². The van der Waals surface area contributed by atoms with Crippen LogP contribution in [0.5, 0.6) is 11.8 Å². The van der Waals surface area contributed by atoms with Crippen molar-refractivity contribution in [3.8, 4) is 29.0 Å². The molecule has 3 aliphatic heterocycles. The van der Waals surface area contributed by atoms with Gasteiger partial charge in [0.05, 0.1) is 39.4 Å². The van der Waals surface area contributed by atoms with Crippen LogP contribution in [0.2, 0.25) is 5.02 Å². The molecule has 5 heterocycles. The van der Waals surface area contributed by atoms with E-state index in [1.54, 1.807) is 7.11 Å². The molecular weight excluding hydrogens is 629 g/mol. The van der Waals surface area contributed by atoms with Gasteiger partial charge in [-0.3, -0.25) is 4.90 Å². The summed E-state index contributed by atoms with van der Waals surface area (Å²) in [6, 6.07) is 4.53. The maximum absolute atomic E-state index is 17.0. The van der Waals surface area contributed by atoms with E-state index in [4.69, 9.17) is 36.5 Å². The summed E-state index contributed by atoms with van der Waals surface area (Å²) in [4.78, 5) is 13.4. The van der Waals surface area contributed by atoms with E-state index in [0.717, 1.165) is 30.7 Å². The van der Waals surface area contributed by atoms with Gasteiger partial charge in [-0.1, -0.05) is 17.7 Å². The van der Waals surface area contributed by atoms with Crippen LogP contribution in [0.4, 0.5) is 24.0 Å². The third-order valence-electron chi connectivity index (χ3n) is 9.06. The second-order valence-electron chi connectivity index (χ2n) is 11.7. The molecule has 2 saturated heterocycles. The van der Waals surface area contributed by atoms with Gasteiger partial charge in [0.2, 0.25) is 0 Å². The fourth-order valence-electron chi connectivity index (χ4n) is 7.01. The van der Waals surface area contributed by atoms with E-state index < -0.39 is 23.3 Å². The van der Waals surface area contributed by atoms with Crippen LogP contribution < -0.4 is 20.1 Å². The Bertz CT molecular complexity index is 1870. The van der Waals surface area contributed by atoms with Gasteiger partial charge in [0.25, 0.3) is 0 Å². The van der Waals surface area contributed by atoms with Crippen LogP contribution in [0.3, 0.4) is 0 Å². The van der Waals surface area contributed by atoms with E-state index in [0.29, 0.717) is 44.9 Å². The van der Waals surface area contributed by atoms with Crippen molar-refractivity contribution in [3.05, 3.63) is 34.4 Å². The highest BCUT2D eigenvalue weighted by Gasteiger charge is 2.49. The first-order valence-corrected chi connectivity index (χ1v) is 16.0. The molecule has 0 radical (unpaired) electrons. The molecule has 0 saturated carbocycles. The fraction of sp³-hybridized carbons (Fsp3) is 0.452. The van der Waals surface area contributed by atoms with Crippen molar-refractivity contribution >= 4 is 54.7 Å². The standard InChI is InChI=1S/C31H30ClF3N6O3S/c1-42-11-9-40-7-3-10-43-26-22-25(38-30(39-29(22)40)44-15-31-6-2-8-41(31)14-16(33)12-31)24(35)21(23(26)32)17-4-5-19(34)27-20(17)18(13-36)28(37)45-27/h4-5,16H,2-3,6-12,14-15,37H2,1H3/t16-,31+/m1/s1. The zero-order valence-electron chi connectivity index (χ0n) is 24.5. The second-order valence-corrected chi connectivity index (χ2v) is 13.1. The number of nitriles is 1. The lowest BCUT2D eigenvalue weighted by Crippen LogP contribution is -2.43. The van der Waals surface area contributed by atoms with Gasteiger partial charge < -0.3 is 24.8 Å². The number of anilines is 2. The van der Waals surface area contributed by atoms with Gasteiger partial charge in [-0.25, -0.2) is 13.2 Å². The Labute approximate surface area is 266 Å². The molecule has 9 nitrogen and oxygen atoms in total. The van der Waals surface area contributed by atoms with Gasteiger partial charge in [0.15, 0.2) is 11.6 Å². The molecule has 2 aromatic heterocycles. The van der Waals surface area contributed by atoms with Gasteiger partial charge in [-0.15, -0.1) is 11.3 Å². The molecular formula is C31H30ClF3N6O3S. The van der Waals surface area contributed by atoms with Crippen molar-refractivity contribution in [2.24, 2.45) is 0 Å². The van der Waals surface area contributed by atoms with Crippen LogP contribution in [0, 0.1) is 23.0 Å². The Hall–Kier alpha value is -3.57. The van der Waals surface area contributed by atoms with E-state index in [9.17, 15) is 14.0 Å². The van der Waals surface area contributed by atoms with Gasteiger partial charge >= 0.3 is 6.01 Å². The van der Waals surface area contributed by atoms with Gasteiger partial charge in [0.1, 0.15) is 41.0 Å². The summed E-state index contributed by atoms with van der Waals surface area (Å²) < 4.78 is 64.2. The van der Waals surface area contributed by atoms with Crippen molar-refractivity contribution in [2.45, 2.75) is 37.4 Å². The van der Waals surface area contributed by atoms with Crippen LogP contribution in [0.1, 0.15) is 31.2 Å². The number of hydrogen-bond acceptors (Lipinski definition) is 10. The number of hydrogen-bond donors (Lipinski definition) is 1. The summed E-state index contributed by atoms with van der Waals surface area (Å²) in [5.74, 6) is -0.865. The normalized spacial score (nSPS) is 21.5. The number of nitrogens with zero attached hydrogens (tertiary/aromatic N) is 5. The fourth-order valence-corrected chi connectivity index (χ4v) is 8.29. The Balaban J connectivity index is 1.45. The lowest BCUT2D eigenvalue weighted by atomic mass is 9.95. The number of benzene rings is 2. The maximum Gasteiger partial charge on any atom is 0.319 e. The lowest BCUT2D eigenvalue weighted by molar-refractivity contribution is 0.107. The highest BCUT2D eigenvalue weighted by Crippen LogP contribution is 2.50. The third kappa shape index (κ3) is 4.90. The quantitative estimate of drug-likeness (QED) is 0.252. The second kappa shape index (κ2) is 11.7. The number of thiophene rings is 1. The number of aromatic nitrogens is 2. The minimum Gasteiger partial charge on any atom is -0.491 e. The molecule has 0 bridgehead atoms. The Morgan fingerprint density at radius 2 is 2.09 bits per heavy atom. The smallest absolute Gasteiger partial charge is 0.319 e. The minimum absolute atomic E-state index is 0.0323. The zero-order valence-corrected chi connectivity index (χ0v) is 26.0. The largest absolute Gasteiger partial charge is 0.491 e. The Kier molecular flexibility index (Phi) is 7.80. The number of alkyl halides is 1. The van der Waals surface area contributed by atoms with Crippen molar-refractivity contribution in [1.82, 2.24) is 14.9 Å². The van der Waals surface area contributed by atoms with Gasteiger partial charge in [0, 0.05) is 44.1 Å². The van der Waals surface area contributed by atoms with Crippen LogP contribution in [-0.2, 0) is 4.74 Å². The topological polar surface area (TPSA) is 110 Å². The number of methoxy groups -OCH3 is 1. The summed E-state index contributed by atoms with van der Waals surface area (Å²) in [6.07, 6.45) is 1.73. The van der Waals surface area contributed by atoms with Crippen LogP contribution in [0.15, 0.2) is 12.1 Å². The summed E-state index contributed by atoms with van der Waals surface area (Å²) in [6.45, 7) is 2.94. The average Bonchev–Trinajstić information content (AvgIpc) is 3.66. The Morgan fingerprint density at radius 1 is 1.24 bits per heavy atom. The minimum atomic E-state index is -0.941. The molecule has 0 amide bonds. The summed E-state index contributed by atoms with van der Waals surface area (Å²) in [5.41, 5.74) is 5.61. The van der Waals surface area contributed by atoms with Crippen molar-refractivity contribution in [2.75, 3.05) is 63.7 Å². The molecule has 7 rings (SSSR count). The molecule has 0 unspecified atom stereocenters. The molecule has 14 heteroatoms. The number of nitrogen functional groups attached to an aromatic ring is 1. The molecule has 2 aromatic carbocycles. The van der Waals surface area contributed by atoms with E-state index in [2.05, 4.69) is 9.88 Å². The first-order chi connectivity index (χ1) is 21.8. The molecule has 2 atom stereocenters. The van der Waals surface area contributed by atoms with E-state index in [-0.39, 0.29) is 72.7 Å². The summed E-state index contributed by atoms with van der Waals surface area (Å²) >= 11 is 7.88. The van der Waals surface area contributed by atoms with Crippen LogP contribution in [0.25, 0.3) is 32.1 Å². The number of ether oxygens (including phenoxy) is 3. The summed E-state index contributed by atoms with van der Waals surface area (Å²) in [7, 11) is 1.59. The van der Waals surface area contributed by atoms with Crippen molar-refractivity contribution in [1.29, 1.82) is 5.26 Å².